The first kappa shape index (κ1) is 20.8. The van der Waals surface area contributed by atoms with Gasteiger partial charge in [0, 0.05) is 25.3 Å². The fourth-order valence-electron chi connectivity index (χ4n) is 3.01. The topological polar surface area (TPSA) is 41.6 Å². The van der Waals surface area contributed by atoms with Crippen molar-refractivity contribution < 1.29 is 9.53 Å². The monoisotopic (exact) mass is 368 g/mol. The number of benzene rings is 2. The third-order valence-corrected chi connectivity index (χ3v) is 4.80. The van der Waals surface area contributed by atoms with E-state index in [4.69, 9.17) is 4.74 Å². The number of hydrogen-bond donors (Lipinski definition) is 1. The number of nitrogens with zero attached hydrogens (tertiary/aromatic N) is 1. The third-order valence-electron chi connectivity index (χ3n) is 4.80. The molecule has 2 aromatic carbocycles. The van der Waals surface area contributed by atoms with Gasteiger partial charge in [0.2, 0.25) is 0 Å². The molecule has 0 aliphatic carbocycles. The van der Waals surface area contributed by atoms with Crippen LogP contribution in [-0.4, -0.2) is 25.1 Å². The van der Waals surface area contributed by atoms with Crippen molar-refractivity contribution >= 4 is 11.6 Å². The number of carbonyl (C=O) groups excluding carboxylic acids is 1. The molecular formula is C23H32N2O2. The molecule has 0 aromatic heterocycles. The zero-order valence-electron chi connectivity index (χ0n) is 17.0. The van der Waals surface area contributed by atoms with Gasteiger partial charge in [0.1, 0.15) is 5.75 Å². The van der Waals surface area contributed by atoms with E-state index >= 15 is 0 Å². The van der Waals surface area contributed by atoms with Gasteiger partial charge in [-0.05, 0) is 62.1 Å². The summed E-state index contributed by atoms with van der Waals surface area (Å²) < 4.78 is 5.87. The second-order valence-electron chi connectivity index (χ2n) is 6.57. The molecule has 0 heterocycles. The highest BCUT2D eigenvalue weighted by Gasteiger charge is 2.18. The lowest BCUT2D eigenvalue weighted by atomic mass is 10.1. The van der Waals surface area contributed by atoms with Gasteiger partial charge in [0.15, 0.2) is 6.10 Å². The fraction of sp³-hybridized carbons (Fsp3) is 0.435. The minimum Gasteiger partial charge on any atom is -0.481 e. The van der Waals surface area contributed by atoms with Crippen LogP contribution in [0.15, 0.2) is 48.5 Å². The molecule has 0 aliphatic heterocycles. The van der Waals surface area contributed by atoms with Crippen LogP contribution >= 0.6 is 0 Å². The Labute approximate surface area is 163 Å². The zero-order chi connectivity index (χ0) is 19.6. The van der Waals surface area contributed by atoms with Crippen LogP contribution in [-0.2, 0) is 17.8 Å². The summed E-state index contributed by atoms with van der Waals surface area (Å²) in [5.41, 5.74) is 3.55. The van der Waals surface area contributed by atoms with Gasteiger partial charge >= 0.3 is 0 Å². The summed E-state index contributed by atoms with van der Waals surface area (Å²) in [6.45, 7) is 10.9. The molecule has 146 valence electrons. The van der Waals surface area contributed by atoms with Crippen molar-refractivity contribution in [3.63, 3.8) is 0 Å². The normalized spacial score (nSPS) is 11.7. The first-order valence-corrected chi connectivity index (χ1v) is 9.98. The van der Waals surface area contributed by atoms with E-state index in [1.165, 1.54) is 11.3 Å². The van der Waals surface area contributed by atoms with Gasteiger partial charge in [-0.25, -0.2) is 0 Å². The van der Waals surface area contributed by atoms with Gasteiger partial charge in [0.05, 0.1) is 0 Å². The molecule has 2 aromatic rings. The average molecular weight is 369 g/mol. The molecular weight excluding hydrogens is 336 g/mol. The molecule has 0 unspecified atom stereocenters. The molecule has 0 saturated carbocycles. The van der Waals surface area contributed by atoms with Crippen LogP contribution in [0.3, 0.4) is 0 Å². The molecule has 0 bridgehead atoms. The number of hydrogen-bond acceptors (Lipinski definition) is 3. The number of rotatable bonds is 10. The quantitative estimate of drug-likeness (QED) is 0.668. The summed E-state index contributed by atoms with van der Waals surface area (Å²) in [6, 6.07) is 16.3. The number of ether oxygens (including phenoxy) is 1. The summed E-state index contributed by atoms with van der Waals surface area (Å²) in [5, 5.41) is 2.99. The Morgan fingerprint density at radius 3 is 2.04 bits per heavy atom. The molecule has 0 fully saturated rings. The minimum absolute atomic E-state index is 0.0788. The Morgan fingerprint density at radius 1 is 0.926 bits per heavy atom. The average Bonchev–Trinajstić information content (AvgIpc) is 2.72. The van der Waals surface area contributed by atoms with Crippen molar-refractivity contribution in [2.24, 2.45) is 0 Å². The lowest BCUT2D eigenvalue weighted by molar-refractivity contribution is -0.128. The maximum absolute atomic E-state index is 12.5. The first-order chi connectivity index (χ1) is 13.1. The Hall–Kier alpha value is -2.49. The van der Waals surface area contributed by atoms with Gasteiger partial charge in [0.25, 0.3) is 5.91 Å². The highest BCUT2D eigenvalue weighted by atomic mass is 16.5. The van der Waals surface area contributed by atoms with E-state index < -0.39 is 6.10 Å². The summed E-state index contributed by atoms with van der Waals surface area (Å²) in [7, 11) is 0. The van der Waals surface area contributed by atoms with Crippen molar-refractivity contribution in [3.8, 4) is 5.75 Å². The predicted molar refractivity (Wildman–Crippen MR) is 112 cm³/mol. The van der Waals surface area contributed by atoms with Crippen LogP contribution in [0.2, 0.25) is 0 Å². The molecule has 1 N–H and O–H groups in total. The van der Waals surface area contributed by atoms with Crippen LogP contribution < -0.4 is 15.0 Å². The standard InChI is InChI=1S/C23H32N2O2/c1-5-18-11-15-21(16-12-18)27-22(6-2)23(26)24-17-19-9-13-20(14-10-19)25(7-3)8-4/h9-16,22H,5-8,17H2,1-4H3,(H,24,26)/t22-/m1/s1. The second kappa shape index (κ2) is 10.6. The molecule has 2 rings (SSSR count). The maximum Gasteiger partial charge on any atom is 0.261 e. The van der Waals surface area contributed by atoms with Crippen LogP contribution in [0.5, 0.6) is 5.75 Å². The first-order valence-electron chi connectivity index (χ1n) is 9.98. The Balaban J connectivity index is 1.90. The lowest BCUT2D eigenvalue weighted by Crippen LogP contribution is -2.37. The molecule has 1 amide bonds. The van der Waals surface area contributed by atoms with Gasteiger partial charge < -0.3 is 15.0 Å². The zero-order valence-corrected chi connectivity index (χ0v) is 17.0. The summed E-state index contributed by atoms with van der Waals surface area (Å²) in [6.07, 6.45) is 1.14. The van der Waals surface area contributed by atoms with E-state index in [0.29, 0.717) is 13.0 Å². The van der Waals surface area contributed by atoms with E-state index in [9.17, 15) is 4.79 Å². The SMILES string of the molecule is CCc1ccc(O[C@H](CC)C(=O)NCc2ccc(N(CC)CC)cc2)cc1. The lowest BCUT2D eigenvalue weighted by Gasteiger charge is -2.21. The van der Waals surface area contributed by atoms with Crippen molar-refractivity contribution in [2.75, 3.05) is 18.0 Å². The molecule has 27 heavy (non-hydrogen) atoms. The largest absolute Gasteiger partial charge is 0.481 e. The van der Waals surface area contributed by atoms with Crippen molar-refractivity contribution in [1.29, 1.82) is 0 Å². The van der Waals surface area contributed by atoms with Gasteiger partial charge in [-0.3, -0.25) is 4.79 Å². The number of amides is 1. The number of anilines is 1. The van der Waals surface area contributed by atoms with Gasteiger partial charge in [-0.15, -0.1) is 0 Å². The highest BCUT2D eigenvalue weighted by molar-refractivity contribution is 5.81. The van der Waals surface area contributed by atoms with Crippen molar-refractivity contribution in [1.82, 2.24) is 5.32 Å². The number of aryl methyl sites for hydroxylation is 1. The fourth-order valence-corrected chi connectivity index (χ4v) is 3.01. The van der Waals surface area contributed by atoms with Crippen LogP contribution in [0.1, 0.15) is 45.2 Å². The number of carbonyl (C=O) groups is 1. The molecule has 0 spiro atoms. The Bertz CT molecular complexity index is 691. The van der Waals surface area contributed by atoms with Gasteiger partial charge in [-0.2, -0.15) is 0 Å². The molecule has 4 heteroatoms. The van der Waals surface area contributed by atoms with Crippen LogP contribution in [0, 0.1) is 0 Å². The molecule has 0 radical (unpaired) electrons. The van der Waals surface area contributed by atoms with Crippen molar-refractivity contribution in [2.45, 2.75) is 53.2 Å². The highest BCUT2D eigenvalue weighted by Crippen LogP contribution is 2.17. The molecule has 0 aliphatic rings. The summed E-state index contributed by atoms with van der Waals surface area (Å²) in [5.74, 6) is 0.655. The third kappa shape index (κ3) is 6.02. The smallest absolute Gasteiger partial charge is 0.261 e. The Kier molecular flexibility index (Phi) is 8.18. The van der Waals surface area contributed by atoms with E-state index in [1.54, 1.807) is 0 Å². The minimum atomic E-state index is -0.479. The molecule has 4 nitrogen and oxygen atoms in total. The van der Waals surface area contributed by atoms with Crippen LogP contribution in [0.25, 0.3) is 0 Å². The molecule has 0 saturated heterocycles. The van der Waals surface area contributed by atoms with E-state index in [0.717, 1.165) is 30.8 Å². The van der Waals surface area contributed by atoms with Crippen LogP contribution in [0.4, 0.5) is 5.69 Å². The second-order valence-corrected chi connectivity index (χ2v) is 6.57. The molecule has 1 atom stereocenters. The van der Waals surface area contributed by atoms with Crippen molar-refractivity contribution in [3.05, 3.63) is 59.7 Å². The Morgan fingerprint density at radius 2 is 1.52 bits per heavy atom. The summed E-state index contributed by atoms with van der Waals surface area (Å²) in [4.78, 5) is 14.8. The van der Waals surface area contributed by atoms with Gasteiger partial charge in [-0.1, -0.05) is 38.1 Å². The maximum atomic E-state index is 12.5. The summed E-state index contributed by atoms with van der Waals surface area (Å²) >= 11 is 0. The van der Waals surface area contributed by atoms with E-state index in [-0.39, 0.29) is 5.91 Å². The van der Waals surface area contributed by atoms with E-state index in [2.05, 4.69) is 55.3 Å². The number of nitrogens with one attached hydrogen (secondary N) is 1. The predicted octanol–water partition coefficient (Wildman–Crippen LogP) is 4.57. The van der Waals surface area contributed by atoms with E-state index in [1.807, 2.05) is 31.2 Å².